The predicted octanol–water partition coefficient (Wildman–Crippen LogP) is 5.92. The van der Waals surface area contributed by atoms with Crippen LogP contribution in [-0.4, -0.2) is 24.4 Å². The lowest BCUT2D eigenvalue weighted by Crippen LogP contribution is -2.14. The second-order valence-corrected chi connectivity index (χ2v) is 7.63. The van der Waals surface area contributed by atoms with Gasteiger partial charge in [0.15, 0.2) is 5.78 Å². The smallest absolute Gasteiger partial charge is 0.181 e. The van der Waals surface area contributed by atoms with Gasteiger partial charge in [-0.3, -0.25) is 4.79 Å². The van der Waals surface area contributed by atoms with Crippen LogP contribution in [0.5, 0.6) is 5.75 Å². The highest BCUT2D eigenvalue weighted by atomic mass is 35.5. The van der Waals surface area contributed by atoms with Gasteiger partial charge in [0.05, 0.1) is 28.9 Å². The minimum absolute atomic E-state index is 0.0418. The lowest BCUT2D eigenvalue weighted by molar-refractivity contribution is 0.101. The summed E-state index contributed by atoms with van der Waals surface area (Å²) in [5.74, 6) is 0.511. The van der Waals surface area contributed by atoms with Crippen LogP contribution in [0.25, 0.3) is 20.8 Å². The molecule has 4 aromatic rings. The molecule has 0 saturated heterocycles. The summed E-state index contributed by atoms with van der Waals surface area (Å²) in [6, 6.07) is 21.1. The van der Waals surface area contributed by atoms with E-state index >= 15 is 0 Å². The minimum Gasteiger partial charge on any atom is -0.495 e. The molecule has 4 nitrogen and oxygen atoms in total. The van der Waals surface area contributed by atoms with Crippen LogP contribution in [0.4, 0.5) is 5.69 Å². The van der Waals surface area contributed by atoms with Gasteiger partial charge < -0.3 is 10.1 Å². The summed E-state index contributed by atoms with van der Waals surface area (Å²) in [7, 11) is 1.54. The minimum atomic E-state index is -0.0418. The van der Waals surface area contributed by atoms with Gasteiger partial charge in [0, 0.05) is 16.8 Å². The lowest BCUT2D eigenvalue weighted by Gasteiger charge is -2.08. The van der Waals surface area contributed by atoms with Crippen molar-refractivity contribution >= 4 is 44.6 Å². The fraction of sp³-hybridized carbons (Fsp3) is 0.0909. The third-order valence-corrected chi connectivity index (χ3v) is 5.73. The van der Waals surface area contributed by atoms with E-state index in [-0.39, 0.29) is 12.3 Å². The summed E-state index contributed by atoms with van der Waals surface area (Å²) in [5, 5.41) is 4.56. The first kappa shape index (κ1) is 18.5. The SMILES string of the molecule is COc1ccc(C(=O)CNc2ccc(-c3nc4ccccc4s3)cc2)cc1Cl. The van der Waals surface area contributed by atoms with Crippen molar-refractivity contribution in [3.8, 4) is 16.3 Å². The van der Waals surface area contributed by atoms with Crippen molar-refractivity contribution < 1.29 is 9.53 Å². The van der Waals surface area contributed by atoms with Gasteiger partial charge in [-0.05, 0) is 54.6 Å². The number of thiazole rings is 1. The van der Waals surface area contributed by atoms with Crippen LogP contribution >= 0.6 is 22.9 Å². The van der Waals surface area contributed by atoms with Crippen molar-refractivity contribution in [2.45, 2.75) is 0 Å². The Morgan fingerprint density at radius 3 is 2.61 bits per heavy atom. The third-order valence-electron chi connectivity index (χ3n) is 4.35. The molecule has 0 aliphatic heterocycles. The molecule has 1 aromatic heterocycles. The number of para-hydroxylation sites is 1. The zero-order valence-electron chi connectivity index (χ0n) is 15.1. The molecule has 0 atom stereocenters. The van der Waals surface area contributed by atoms with Gasteiger partial charge in [0.2, 0.25) is 0 Å². The molecule has 0 spiro atoms. The molecule has 1 heterocycles. The lowest BCUT2D eigenvalue weighted by atomic mass is 10.1. The number of carbonyl (C=O) groups is 1. The van der Waals surface area contributed by atoms with Crippen molar-refractivity contribution in [1.82, 2.24) is 4.98 Å². The van der Waals surface area contributed by atoms with E-state index in [0.717, 1.165) is 21.8 Å². The number of nitrogens with zero attached hydrogens (tertiary/aromatic N) is 1. The van der Waals surface area contributed by atoms with E-state index in [1.165, 1.54) is 4.70 Å². The Kier molecular flexibility index (Phi) is 5.28. The molecule has 0 saturated carbocycles. The van der Waals surface area contributed by atoms with E-state index < -0.39 is 0 Å². The number of hydrogen-bond acceptors (Lipinski definition) is 5. The Morgan fingerprint density at radius 1 is 1.11 bits per heavy atom. The second-order valence-electron chi connectivity index (χ2n) is 6.19. The van der Waals surface area contributed by atoms with E-state index in [1.54, 1.807) is 36.6 Å². The Labute approximate surface area is 171 Å². The van der Waals surface area contributed by atoms with Crippen LogP contribution in [0.15, 0.2) is 66.7 Å². The van der Waals surface area contributed by atoms with Crippen LogP contribution in [0.1, 0.15) is 10.4 Å². The van der Waals surface area contributed by atoms with Gasteiger partial charge >= 0.3 is 0 Å². The average molecular weight is 409 g/mol. The Balaban J connectivity index is 1.43. The molecule has 0 aliphatic rings. The molecular formula is C22H17ClN2O2S. The highest BCUT2D eigenvalue weighted by molar-refractivity contribution is 7.21. The number of nitrogens with one attached hydrogen (secondary N) is 1. The normalized spacial score (nSPS) is 10.8. The second kappa shape index (κ2) is 8.00. The van der Waals surface area contributed by atoms with Crippen molar-refractivity contribution in [3.63, 3.8) is 0 Å². The first-order valence-electron chi connectivity index (χ1n) is 8.70. The van der Waals surface area contributed by atoms with Gasteiger partial charge in [0.1, 0.15) is 10.8 Å². The summed E-state index contributed by atoms with van der Waals surface area (Å²) >= 11 is 7.76. The number of carbonyl (C=O) groups excluding carboxylic acids is 1. The zero-order valence-corrected chi connectivity index (χ0v) is 16.7. The Morgan fingerprint density at radius 2 is 1.89 bits per heavy atom. The first-order chi connectivity index (χ1) is 13.6. The largest absolute Gasteiger partial charge is 0.495 e. The van der Waals surface area contributed by atoms with E-state index in [1.807, 2.05) is 42.5 Å². The van der Waals surface area contributed by atoms with Crippen LogP contribution in [-0.2, 0) is 0 Å². The quantitative estimate of drug-likeness (QED) is 0.402. The summed E-state index contributed by atoms with van der Waals surface area (Å²) in [4.78, 5) is 17.1. The van der Waals surface area contributed by atoms with Crippen LogP contribution < -0.4 is 10.1 Å². The van der Waals surface area contributed by atoms with Crippen molar-refractivity contribution in [2.75, 3.05) is 19.0 Å². The predicted molar refractivity (Wildman–Crippen MR) is 116 cm³/mol. The molecule has 0 aliphatic carbocycles. The van der Waals surface area contributed by atoms with E-state index in [4.69, 9.17) is 16.3 Å². The van der Waals surface area contributed by atoms with E-state index in [2.05, 4.69) is 16.4 Å². The van der Waals surface area contributed by atoms with Gasteiger partial charge in [-0.15, -0.1) is 11.3 Å². The monoisotopic (exact) mass is 408 g/mol. The summed E-state index contributed by atoms with van der Waals surface area (Å²) in [6.45, 7) is 0.184. The van der Waals surface area contributed by atoms with Crippen LogP contribution in [0, 0.1) is 0 Å². The van der Waals surface area contributed by atoms with Gasteiger partial charge in [0.25, 0.3) is 0 Å². The number of Topliss-reactive ketones (excluding diaryl/α,β-unsaturated/α-hetero) is 1. The molecule has 4 rings (SSSR count). The number of aromatic nitrogens is 1. The van der Waals surface area contributed by atoms with Gasteiger partial charge in [-0.1, -0.05) is 23.7 Å². The van der Waals surface area contributed by atoms with E-state index in [0.29, 0.717) is 16.3 Å². The topological polar surface area (TPSA) is 51.2 Å². The van der Waals surface area contributed by atoms with Gasteiger partial charge in [-0.2, -0.15) is 0 Å². The van der Waals surface area contributed by atoms with Gasteiger partial charge in [-0.25, -0.2) is 4.98 Å². The highest BCUT2D eigenvalue weighted by Gasteiger charge is 2.10. The summed E-state index contributed by atoms with van der Waals surface area (Å²) < 4.78 is 6.28. The maximum absolute atomic E-state index is 12.4. The van der Waals surface area contributed by atoms with Crippen molar-refractivity contribution in [1.29, 1.82) is 0 Å². The average Bonchev–Trinajstić information content (AvgIpc) is 3.16. The maximum atomic E-state index is 12.4. The number of ketones is 1. The molecule has 1 N–H and O–H groups in total. The third kappa shape index (κ3) is 3.86. The highest BCUT2D eigenvalue weighted by Crippen LogP contribution is 2.30. The number of ether oxygens (including phenoxy) is 1. The molecule has 140 valence electrons. The fourth-order valence-corrected chi connectivity index (χ4v) is 4.08. The number of rotatable bonds is 6. The van der Waals surface area contributed by atoms with Crippen molar-refractivity contribution in [2.24, 2.45) is 0 Å². The molecule has 0 fully saturated rings. The molecule has 28 heavy (non-hydrogen) atoms. The standard InChI is InChI=1S/C22H17ClN2O2S/c1-27-20-11-8-15(12-17(20)23)19(26)13-24-16-9-6-14(7-10-16)22-25-18-4-2-3-5-21(18)28-22/h2-12,24H,13H2,1H3. The molecule has 3 aromatic carbocycles. The molecule has 0 unspecified atom stereocenters. The molecular weight excluding hydrogens is 392 g/mol. The number of benzene rings is 3. The number of methoxy groups -OCH3 is 1. The number of hydrogen-bond donors (Lipinski definition) is 1. The number of fused-ring (bicyclic) bond motifs is 1. The molecule has 0 bridgehead atoms. The maximum Gasteiger partial charge on any atom is 0.181 e. The number of halogens is 1. The molecule has 0 radical (unpaired) electrons. The fourth-order valence-electron chi connectivity index (χ4n) is 2.85. The first-order valence-corrected chi connectivity index (χ1v) is 9.90. The Bertz CT molecular complexity index is 1110. The zero-order chi connectivity index (χ0) is 19.5. The van der Waals surface area contributed by atoms with E-state index in [9.17, 15) is 4.79 Å². The van der Waals surface area contributed by atoms with Crippen LogP contribution in [0.2, 0.25) is 5.02 Å². The Hall–Kier alpha value is -2.89. The summed E-state index contributed by atoms with van der Waals surface area (Å²) in [6.07, 6.45) is 0. The van der Waals surface area contributed by atoms with Crippen molar-refractivity contribution in [3.05, 3.63) is 77.3 Å². The number of anilines is 1. The molecule has 0 amide bonds. The summed E-state index contributed by atoms with van der Waals surface area (Å²) in [5.41, 5.74) is 3.48. The van der Waals surface area contributed by atoms with Crippen LogP contribution in [0.3, 0.4) is 0 Å². The molecule has 6 heteroatoms.